The maximum absolute atomic E-state index is 13.6. The molecule has 0 saturated heterocycles. The molecule has 0 bridgehead atoms. The summed E-state index contributed by atoms with van der Waals surface area (Å²) in [6.45, 7) is 1.96. The summed E-state index contributed by atoms with van der Waals surface area (Å²) in [6.07, 6.45) is 3.75. The lowest BCUT2D eigenvalue weighted by Crippen LogP contribution is -2.24. The SMILES string of the molecule is CCc1cc(CC2(N)CC2)cc(Br)c1F. The Kier molecular flexibility index (Phi) is 2.86. The molecule has 1 aromatic rings. The number of benzene rings is 1. The van der Waals surface area contributed by atoms with Crippen molar-refractivity contribution in [1.82, 2.24) is 0 Å². The van der Waals surface area contributed by atoms with Gasteiger partial charge >= 0.3 is 0 Å². The number of nitrogens with two attached hydrogens (primary N) is 1. The Bertz CT molecular complexity index is 385. The first-order chi connectivity index (χ1) is 7.04. The highest BCUT2D eigenvalue weighted by atomic mass is 79.9. The van der Waals surface area contributed by atoms with E-state index in [0.717, 1.165) is 36.8 Å². The topological polar surface area (TPSA) is 26.0 Å². The van der Waals surface area contributed by atoms with E-state index in [9.17, 15) is 4.39 Å². The maximum Gasteiger partial charge on any atom is 0.140 e. The fourth-order valence-electron chi connectivity index (χ4n) is 1.81. The van der Waals surface area contributed by atoms with Crippen molar-refractivity contribution in [2.24, 2.45) is 5.73 Å². The summed E-state index contributed by atoms with van der Waals surface area (Å²) < 4.78 is 14.1. The van der Waals surface area contributed by atoms with Crippen LogP contribution in [-0.2, 0) is 12.8 Å². The number of rotatable bonds is 3. The zero-order chi connectivity index (χ0) is 11.1. The highest BCUT2D eigenvalue weighted by molar-refractivity contribution is 9.10. The molecule has 2 N–H and O–H groups in total. The molecule has 1 nitrogen and oxygen atoms in total. The van der Waals surface area contributed by atoms with Crippen molar-refractivity contribution >= 4 is 15.9 Å². The Hall–Kier alpha value is -0.410. The lowest BCUT2D eigenvalue weighted by Gasteiger charge is -2.11. The van der Waals surface area contributed by atoms with Crippen LogP contribution < -0.4 is 5.73 Å². The standard InChI is InChI=1S/C12H15BrFN/c1-2-9-5-8(6-10(13)11(9)14)7-12(15)3-4-12/h5-6H,2-4,7,15H2,1H3. The van der Waals surface area contributed by atoms with Crippen LogP contribution in [0.5, 0.6) is 0 Å². The molecule has 1 aliphatic rings. The number of aryl methyl sites for hydroxylation is 1. The third-order valence-corrected chi connectivity index (χ3v) is 3.57. The molecule has 82 valence electrons. The van der Waals surface area contributed by atoms with Gasteiger partial charge in [-0.25, -0.2) is 4.39 Å². The quantitative estimate of drug-likeness (QED) is 0.898. The fourth-order valence-corrected chi connectivity index (χ4v) is 2.36. The molecule has 2 rings (SSSR count). The van der Waals surface area contributed by atoms with Gasteiger partial charge in [0.2, 0.25) is 0 Å². The van der Waals surface area contributed by atoms with Crippen molar-refractivity contribution in [1.29, 1.82) is 0 Å². The van der Waals surface area contributed by atoms with Gasteiger partial charge in [-0.15, -0.1) is 0 Å². The molecule has 15 heavy (non-hydrogen) atoms. The Morgan fingerprint density at radius 2 is 2.13 bits per heavy atom. The zero-order valence-electron chi connectivity index (χ0n) is 8.82. The van der Waals surface area contributed by atoms with Crippen LogP contribution in [0.1, 0.15) is 30.9 Å². The highest BCUT2D eigenvalue weighted by Gasteiger charge is 2.38. The molecule has 0 amide bonds. The fraction of sp³-hybridized carbons (Fsp3) is 0.500. The van der Waals surface area contributed by atoms with E-state index in [4.69, 9.17) is 5.73 Å². The minimum Gasteiger partial charge on any atom is -0.325 e. The van der Waals surface area contributed by atoms with Gasteiger partial charge in [-0.1, -0.05) is 13.0 Å². The summed E-state index contributed by atoms with van der Waals surface area (Å²) in [4.78, 5) is 0. The molecular weight excluding hydrogens is 257 g/mol. The summed E-state index contributed by atoms with van der Waals surface area (Å²) >= 11 is 3.25. The molecule has 0 heterocycles. The second-order valence-corrected chi connectivity index (χ2v) is 5.30. The normalized spacial score (nSPS) is 17.9. The monoisotopic (exact) mass is 271 g/mol. The summed E-state index contributed by atoms with van der Waals surface area (Å²) in [5.41, 5.74) is 7.94. The Labute approximate surface area is 98.0 Å². The van der Waals surface area contributed by atoms with Crippen LogP contribution in [0.3, 0.4) is 0 Å². The molecule has 1 saturated carbocycles. The third-order valence-electron chi connectivity index (χ3n) is 2.99. The molecule has 0 aliphatic heterocycles. The van der Waals surface area contributed by atoms with Crippen LogP contribution in [0.25, 0.3) is 0 Å². The lowest BCUT2D eigenvalue weighted by atomic mass is 10.0. The number of halogens is 2. The van der Waals surface area contributed by atoms with E-state index in [1.807, 2.05) is 19.1 Å². The Morgan fingerprint density at radius 1 is 1.47 bits per heavy atom. The molecule has 0 atom stereocenters. The predicted octanol–water partition coefficient (Wildman–Crippen LogP) is 3.18. The third kappa shape index (κ3) is 2.40. The molecule has 3 heteroatoms. The van der Waals surface area contributed by atoms with Crippen molar-refractivity contribution in [3.8, 4) is 0 Å². The van der Waals surface area contributed by atoms with Gasteiger partial charge in [-0.05, 0) is 58.8 Å². The largest absolute Gasteiger partial charge is 0.325 e. The van der Waals surface area contributed by atoms with Gasteiger partial charge < -0.3 is 5.73 Å². The van der Waals surface area contributed by atoms with Gasteiger partial charge in [-0.2, -0.15) is 0 Å². The predicted molar refractivity (Wildman–Crippen MR) is 63.3 cm³/mol. The first kappa shape index (κ1) is 11.1. The molecule has 0 unspecified atom stereocenters. The van der Waals surface area contributed by atoms with Crippen LogP contribution in [-0.4, -0.2) is 5.54 Å². The van der Waals surface area contributed by atoms with Crippen molar-refractivity contribution in [2.75, 3.05) is 0 Å². The van der Waals surface area contributed by atoms with Gasteiger partial charge in [-0.3, -0.25) is 0 Å². The van der Waals surface area contributed by atoms with E-state index >= 15 is 0 Å². The van der Waals surface area contributed by atoms with Crippen LogP contribution in [0.15, 0.2) is 16.6 Å². The van der Waals surface area contributed by atoms with Crippen molar-refractivity contribution in [3.05, 3.63) is 33.5 Å². The Morgan fingerprint density at radius 3 is 2.67 bits per heavy atom. The summed E-state index contributed by atoms with van der Waals surface area (Å²) in [7, 11) is 0. The van der Waals surface area contributed by atoms with E-state index in [2.05, 4.69) is 15.9 Å². The van der Waals surface area contributed by atoms with E-state index < -0.39 is 0 Å². The van der Waals surface area contributed by atoms with Crippen LogP contribution in [0.2, 0.25) is 0 Å². The van der Waals surface area contributed by atoms with Gasteiger partial charge in [0.25, 0.3) is 0 Å². The maximum atomic E-state index is 13.6. The number of hydrogen-bond acceptors (Lipinski definition) is 1. The second kappa shape index (κ2) is 3.87. The van der Waals surface area contributed by atoms with Gasteiger partial charge in [0.05, 0.1) is 4.47 Å². The van der Waals surface area contributed by atoms with Crippen molar-refractivity contribution in [3.63, 3.8) is 0 Å². The molecular formula is C12H15BrFN. The van der Waals surface area contributed by atoms with Crippen LogP contribution in [0.4, 0.5) is 4.39 Å². The molecule has 1 aliphatic carbocycles. The average molecular weight is 272 g/mol. The van der Waals surface area contributed by atoms with E-state index in [1.54, 1.807) is 0 Å². The minimum absolute atomic E-state index is 0.0116. The highest BCUT2D eigenvalue weighted by Crippen LogP contribution is 2.36. The van der Waals surface area contributed by atoms with E-state index in [0.29, 0.717) is 4.47 Å². The van der Waals surface area contributed by atoms with Gasteiger partial charge in [0, 0.05) is 5.54 Å². The molecule has 1 fully saturated rings. The van der Waals surface area contributed by atoms with Gasteiger partial charge in [0.1, 0.15) is 5.82 Å². The first-order valence-corrected chi connectivity index (χ1v) is 6.09. The first-order valence-electron chi connectivity index (χ1n) is 5.30. The molecule has 1 aromatic carbocycles. The summed E-state index contributed by atoms with van der Waals surface area (Å²) in [5, 5.41) is 0. The number of hydrogen-bond donors (Lipinski definition) is 1. The molecule has 0 aromatic heterocycles. The lowest BCUT2D eigenvalue weighted by molar-refractivity contribution is 0.601. The second-order valence-electron chi connectivity index (χ2n) is 4.44. The summed E-state index contributed by atoms with van der Waals surface area (Å²) in [5.74, 6) is -0.136. The van der Waals surface area contributed by atoms with E-state index in [-0.39, 0.29) is 11.4 Å². The van der Waals surface area contributed by atoms with Crippen LogP contribution >= 0.6 is 15.9 Å². The molecule has 0 radical (unpaired) electrons. The molecule has 0 spiro atoms. The smallest absolute Gasteiger partial charge is 0.140 e. The van der Waals surface area contributed by atoms with Crippen LogP contribution in [0, 0.1) is 5.82 Å². The zero-order valence-corrected chi connectivity index (χ0v) is 10.4. The summed E-state index contributed by atoms with van der Waals surface area (Å²) in [6, 6.07) is 3.79. The average Bonchev–Trinajstić information content (AvgIpc) is 2.89. The van der Waals surface area contributed by atoms with Crippen molar-refractivity contribution < 1.29 is 4.39 Å². The van der Waals surface area contributed by atoms with Gasteiger partial charge in [0.15, 0.2) is 0 Å². The Balaban J connectivity index is 2.28. The van der Waals surface area contributed by atoms with E-state index in [1.165, 1.54) is 0 Å². The van der Waals surface area contributed by atoms with Crippen molar-refractivity contribution in [2.45, 2.75) is 38.1 Å². The minimum atomic E-state index is -0.136.